The number of carbonyl (C=O) groups excluding carboxylic acids is 1. The molecule has 2 aromatic heterocycles. The number of hydrogen-bond acceptors (Lipinski definition) is 7. The molecule has 0 radical (unpaired) electrons. The number of carbonyl (C=O) groups is 1. The van der Waals surface area contributed by atoms with Crippen LogP contribution in [-0.2, 0) is 6.54 Å². The number of aldehydes is 1. The maximum Gasteiger partial charge on any atom is 0.274 e. The Morgan fingerprint density at radius 2 is 2.12 bits per heavy atom. The molecule has 1 unspecified atom stereocenters. The summed E-state index contributed by atoms with van der Waals surface area (Å²) in [7, 11) is 1.53. The number of hydrogen-bond donors (Lipinski definition) is 1. The minimum atomic E-state index is -0.0623. The van der Waals surface area contributed by atoms with E-state index in [1.54, 1.807) is 16.8 Å². The Morgan fingerprint density at radius 3 is 2.97 bits per heavy atom. The second-order valence-corrected chi connectivity index (χ2v) is 8.21. The molecule has 0 aliphatic carbocycles. The lowest BCUT2D eigenvalue weighted by atomic mass is 10.1. The van der Waals surface area contributed by atoms with Crippen LogP contribution in [0, 0.1) is 0 Å². The van der Waals surface area contributed by atoms with Crippen molar-refractivity contribution in [1.29, 1.82) is 0 Å². The van der Waals surface area contributed by atoms with Crippen LogP contribution in [-0.4, -0.2) is 63.8 Å². The maximum atomic E-state index is 13.0. The highest BCUT2D eigenvalue weighted by Crippen LogP contribution is 2.36. The van der Waals surface area contributed by atoms with Crippen molar-refractivity contribution in [3.8, 4) is 22.9 Å². The zero-order chi connectivity index (χ0) is 21.8. The SMILES string of the molecule is COc1nc2cc(C=O)cc3c2nc1-c1cccc2c(=O)n([nH]c12)CCN1CC[C@@H](C1)O3. The van der Waals surface area contributed by atoms with Crippen molar-refractivity contribution in [3.05, 3.63) is 46.2 Å². The van der Waals surface area contributed by atoms with E-state index < -0.39 is 0 Å². The standard InChI is InChI=1S/C23H21N5O4/c1-31-22-20-15-3-2-4-16-19(15)26-28(23(16)30)8-7-27-6-5-14(11-27)32-18-10-13(12-29)9-17(24-22)21(18)25-20/h2-4,9-10,12,14,26H,5-8,11H2,1H3/t14-/m0/s1. The fraction of sp³-hybridized carbons (Fsp3) is 0.304. The normalized spacial score (nSPS) is 19.9. The summed E-state index contributed by atoms with van der Waals surface area (Å²) >= 11 is 0. The highest BCUT2D eigenvalue weighted by molar-refractivity contribution is 5.96. The van der Waals surface area contributed by atoms with Crippen LogP contribution < -0.4 is 15.0 Å². The van der Waals surface area contributed by atoms with E-state index in [1.807, 2.05) is 18.2 Å². The summed E-state index contributed by atoms with van der Waals surface area (Å²) in [5.74, 6) is 0.842. The van der Waals surface area contributed by atoms with Gasteiger partial charge in [0.2, 0.25) is 5.88 Å². The third-order valence-electron chi connectivity index (χ3n) is 6.26. The van der Waals surface area contributed by atoms with Gasteiger partial charge in [-0.3, -0.25) is 24.3 Å². The Morgan fingerprint density at radius 1 is 1.22 bits per heavy atom. The molecule has 9 heteroatoms. The minimum Gasteiger partial charge on any atom is -0.487 e. The van der Waals surface area contributed by atoms with Gasteiger partial charge in [-0.1, -0.05) is 12.1 Å². The number of ether oxygens (including phenoxy) is 2. The molecule has 1 N–H and O–H groups in total. The quantitative estimate of drug-likeness (QED) is 0.486. The van der Waals surface area contributed by atoms with Crippen molar-refractivity contribution in [1.82, 2.24) is 24.6 Å². The third kappa shape index (κ3) is 2.89. The average Bonchev–Trinajstić information content (AvgIpc) is 3.40. The van der Waals surface area contributed by atoms with Crippen LogP contribution in [0.25, 0.3) is 33.2 Å². The van der Waals surface area contributed by atoms with Gasteiger partial charge in [0, 0.05) is 30.8 Å². The molecule has 0 amide bonds. The monoisotopic (exact) mass is 431 g/mol. The molecule has 4 heterocycles. The predicted molar refractivity (Wildman–Crippen MR) is 119 cm³/mol. The molecule has 6 rings (SSSR count). The molecule has 162 valence electrons. The molecule has 2 aliphatic heterocycles. The van der Waals surface area contributed by atoms with Gasteiger partial charge >= 0.3 is 0 Å². The number of H-pyrrole nitrogens is 1. The summed E-state index contributed by atoms with van der Waals surface area (Å²) in [6.45, 7) is 2.90. The lowest BCUT2D eigenvalue weighted by molar-refractivity contribution is 0.112. The largest absolute Gasteiger partial charge is 0.487 e. The number of fused-ring (bicyclic) bond motifs is 5. The van der Waals surface area contributed by atoms with Gasteiger partial charge in [0.1, 0.15) is 29.4 Å². The second-order valence-electron chi connectivity index (χ2n) is 8.21. The van der Waals surface area contributed by atoms with Crippen molar-refractivity contribution in [2.24, 2.45) is 0 Å². The number of nitrogens with one attached hydrogen (secondary N) is 1. The zero-order valence-electron chi connectivity index (χ0n) is 17.5. The van der Waals surface area contributed by atoms with Crippen LogP contribution in [0.3, 0.4) is 0 Å². The summed E-state index contributed by atoms with van der Waals surface area (Å²) in [4.78, 5) is 36.4. The summed E-state index contributed by atoms with van der Waals surface area (Å²) in [6.07, 6.45) is 1.60. The Bertz CT molecular complexity index is 1440. The average molecular weight is 431 g/mol. The van der Waals surface area contributed by atoms with E-state index in [-0.39, 0.29) is 11.7 Å². The number of para-hydroxylation sites is 1. The maximum absolute atomic E-state index is 13.0. The van der Waals surface area contributed by atoms with Gasteiger partial charge in [-0.2, -0.15) is 0 Å². The molecular weight excluding hydrogens is 410 g/mol. The van der Waals surface area contributed by atoms with Crippen LogP contribution in [0.4, 0.5) is 0 Å². The van der Waals surface area contributed by atoms with Crippen molar-refractivity contribution in [3.63, 3.8) is 0 Å². The first kappa shape index (κ1) is 19.0. The van der Waals surface area contributed by atoms with Crippen molar-refractivity contribution in [2.45, 2.75) is 19.1 Å². The first-order valence-corrected chi connectivity index (χ1v) is 10.6. The first-order chi connectivity index (χ1) is 15.6. The van der Waals surface area contributed by atoms with Gasteiger partial charge in [0.05, 0.1) is 30.1 Å². The predicted octanol–water partition coefficient (Wildman–Crippen LogP) is 2.23. The number of aromatic amines is 1. The highest BCUT2D eigenvalue weighted by Gasteiger charge is 2.27. The van der Waals surface area contributed by atoms with Gasteiger partial charge in [-0.15, -0.1) is 0 Å². The van der Waals surface area contributed by atoms with Crippen LogP contribution in [0.2, 0.25) is 0 Å². The molecule has 2 aromatic carbocycles. The van der Waals surface area contributed by atoms with E-state index in [0.29, 0.717) is 51.4 Å². The summed E-state index contributed by atoms with van der Waals surface area (Å²) < 4.78 is 13.6. The van der Waals surface area contributed by atoms with Gasteiger partial charge in [0.15, 0.2) is 0 Å². The molecule has 32 heavy (non-hydrogen) atoms. The summed E-state index contributed by atoms with van der Waals surface area (Å²) in [6, 6.07) is 8.93. The molecule has 0 spiro atoms. The van der Waals surface area contributed by atoms with Gasteiger partial charge in [-0.25, -0.2) is 9.97 Å². The fourth-order valence-corrected chi connectivity index (χ4v) is 4.66. The van der Waals surface area contributed by atoms with Crippen LogP contribution in [0.5, 0.6) is 11.6 Å². The van der Waals surface area contributed by atoms with Crippen molar-refractivity contribution in [2.75, 3.05) is 26.7 Å². The van der Waals surface area contributed by atoms with Crippen molar-refractivity contribution < 1.29 is 14.3 Å². The van der Waals surface area contributed by atoms with Crippen LogP contribution >= 0.6 is 0 Å². The number of aromatic nitrogens is 4. The zero-order valence-corrected chi connectivity index (χ0v) is 17.5. The van der Waals surface area contributed by atoms with Crippen LogP contribution in [0.15, 0.2) is 35.1 Å². The number of nitrogens with zero attached hydrogens (tertiary/aromatic N) is 4. The minimum absolute atomic E-state index is 0.0331. The third-order valence-corrected chi connectivity index (χ3v) is 6.26. The van der Waals surface area contributed by atoms with E-state index in [2.05, 4.69) is 15.0 Å². The molecular formula is C23H21N5O4. The topological polar surface area (TPSA) is 102 Å². The van der Waals surface area contributed by atoms with Gasteiger partial charge < -0.3 is 9.47 Å². The number of rotatable bonds is 2. The smallest absolute Gasteiger partial charge is 0.274 e. The van der Waals surface area contributed by atoms with Gasteiger partial charge in [0.25, 0.3) is 5.56 Å². The molecule has 2 aliphatic rings. The highest BCUT2D eigenvalue weighted by atomic mass is 16.5. The van der Waals surface area contributed by atoms with E-state index >= 15 is 0 Å². The van der Waals surface area contributed by atoms with Gasteiger partial charge in [-0.05, 0) is 24.6 Å². The second kappa shape index (κ2) is 7.16. The first-order valence-electron chi connectivity index (χ1n) is 10.6. The van der Waals surface area contributed by atoms with Crippen LogP contribution in [0.1, 0.15) is 16.8 Å². The molecule has 1 fully saturated rings. The molecule has 6 bridgehead atoms. The van der Waals surface area contributed by atoms with E-state index in [0.717, 1.165) is 37.9 Å². The Labute approximate surface area is 182 Å². The Hall–Kier alpha value is -3.72. The summed E-state index contributed by atoms with van der Waals surface area (Å²) in [5, 5.41) is 3.87. The summed E-state index contributed by atoms with van der Waals surface area (Å²) in [5.41, 5.74) is 3.39. The molecule has 4 aromatic rings. The molecule has 0 saturated carbocycles. The lowest BCUT2D eigenvalue weighted by Crippen LogP contribution is -2.30. The molecule has 9 nitrogen and oxygen atoms in total. The van der Waals surface area contributed by atoms with E-state index in [1.165, 1.54) is 7.11 Å². The van der Waals surface area contributed by atoms with E-state index in [9.17, 15) is 9.59 Å². The Kier molecular flexibility index (Phi) is 4.25. The Balaban J connectivity index is 1.69. The fourth-order valence-electron chi connectivity index (χ4n) is 4.66. The number of methoxy groups -OCH3 is 1. The molecule has 1 saturated heterocycles. The lowest BCUT2D eigenvalue weighted by Gasteiger charge is -2.19. The number of benzene rings is 2. The molecule has 2 atom stereocenters. The van der Waals surface area contributed by atoms with Crippen molar-refractivity contribution >= 4 is 28.2 Å². The van der Waals surface area contributed by atoms with E-state index in [4.69, 9.17) is 14.5 Å².